The molecule has 0 bridgehead atoms. The highest BCUT2D eigenvalue weighted by Crippen LogP contribution is 2.14. The molecule has 0 amide bonds. The molecular weight excluding hydrogens is 386 g/mol. The molecule has 1 unspecified atom stereocenters. The molecule has 0 saturated carbocycles. The number of aliphatic hydroxyl groups is 1. The maximum Gasteiger partial charge on any atom is 0.227 e. The Balaban J connectivity index is 3.35. The number of nitrogens with zero attached hydrogens (tertiary/aromatic N) is 1. The maximum atomic E-state index is 12.0. The zero-order chi connectivity index (χ0) is 23.4. The summed E-state index contributed by atoms with van der Waals surface area (Å²) in [5, 5.41) is 12.9. The van der Waals surface area contributed by atoms with Gasteiger partial charge in [-0.2, -0.15) is 0 Å². The Morgan fingerprint density at radius 1 is 0.839 bits per heavy atom. The molecule has 0 rings (SSSR count). The molecular formula is C26H54N3O2+. The van der Waals surface area contributed by atoms with Gasteiger partial charge in [0.2, 0.25) is 17.9 Å². The molecule has 0 aromatic carbocycles. The van der Waals surface area contributed by atoms with Crippen LogP contribution in [0, 0.1) is 5.53 Å². The minimum absolute atomic E-state index is 0.000202. The number of nitrogens with one attached hydrogen (secondary N) is 2. The molecule has 0 saturated heterocycles. The quantitative estimate of drug-likeness (QED) is 0.0950. The highest BCUT2D eigenvalue weighted by molar-refractivity contribution is 5.81. The van der Waals surface area contributed by atoms with Crippen LogP contribution in [0.15, 0.2) is 0 Å². The van der Waals surface area contributed by atoms with Gasteiger partial charge in [-0.05, 0) is 19.9 Å². The van der Waals surface area contributed by atoms with Gasteiger partial charge >= 0.3 is 0 Å². The number of rotatable bonds is 23. The van der Waals surface area contributed by atoms with E-state index in [4.69, 9.17) is 5.53 Å². The summed E-state index contributed by atoms with van der Waals surface area (Å²) in [5.74, 6) is 0.000202. The van der Waals surface area contributed by atoms with Gasteiger partial charge in [-0.3, -0.25) is 4.79 Å². The Kier molecular flexibility index (Phi) is 19.3. The number of ketones is 1. The lowest BCUT2D eigenvalue weighted by Gasteiger charge is -2.21. The second kappa shape index (κ2) is 19.8. The van der Waals surface area contributed by atoms with Crippen molar-refractivity contribution >= 4 is 5.78 Å². The molecule has 3 N–H and O–H groups in total. The Hall–Kier alpha value is -0.810. The number of Topliss-reactive ketones (excluding diaryl/α,β-unsaturated/α-hetero) is 1. The minimum atomic E-state index is -0.719. The Bertz CT molecular complexity index is 450. The van der Waals surface area contributed by atoms with E-state index in [2.05, 4.69) is 12.2 Å². The predicted octanol–water partition coefficient (Wildman–Crippen LogP) is 6.61. The van der Waals surface area contributed by atoms with Crippen molar-refractivity contribution in [1.82, 2.24) is 5.32 Å². The van der Waals surface area contributed by atoms with Crippen molar-refractivity contribution in [2.75, 3.05) is 19.6 Å². The van der Waals surface area contributed by atoms with Gasteiger partial charge in [0.25, 0.3) is 0 Å². The van der Waals surface area contributed by atoms with Crippen molar-refractivity contribution in [3.63, 3.8) is 0 Å². The first-order chi connectivity index (χ1) is 14.8. The molecule has 0 fully saturated rings. The van der Waals surface area contributed by atoms with Crippen molar-refractivity contribution in [1.29, 1.82) is 5.53 Å². The molecule has 5 heteroatoms. The van der Waals surface area contributed by atoms with Gasteiger partial charge in [0, 0.05) is 13.8 Å². The van der Waals surface area contributed by atoms with E-state index in [0.717, 1.165) is 13.0 Å². The fraction of sp³-hybridized carbons (Fsp3) is 0.962. The molecule has 0 aliphatic heterocycles. The zero-order valence-electron chi connectivity index (χ0n) is 21.3. The van der Waals surface area contributed by atoms with Crippen molar-refractivity contribution < 1.29 is 14.6 Å². The number of carbonyl (C=O) groups excluding carboxylic acids is 1. The molecule has 0 heterocycles. The third kappa shape index (κ3) is 17.4. The van der Waals surface area contributed by atoms with Crippen LogP contribution >= 0.6 is 0 Å². The van der Waals surface area contributed by atoms with Crippen LogP contribution in [0.2, 0.25) is 0 Å². The summed E-state index contributed by atoms with van der Waals surface area (Å²) in [5.41, 5.74) is 7.25. The molecule has 0 aliphatic carbocycles. The maximum absolute atomic E-state index is 12.0. The van der Waals surface area contributed by atoms with E-state index in [1.54, 1.807) is 20.8 Å². The van der Waals surface area contributed by atoms with Gasteiger partial charge < -0.3 is 10.4 Å². The van der Waals surface area contributed by atoms with Crippen LogP contribution in [-0.2, 0) is 4.79 Å². The zero-order valence-corrected chi connectivity index (χ0v) is 21.3. The molecule has 0 radical (unpaired) electrons. The summed E-state index contributed by atoms with van der Waals surface area (Å²) in [6, 6.07) is 0. The second-order valence-corrected chi connectivity index (χ2v) is 9.93. The Morgan fingerprint density at radius 2 is 1.23 bits per heavy atom. The van der Waals surface area contributed by atoms with Crippen LogP contribution in [0.5, 0.6) is 0 Å². The summed E-state index contributed by atoms with van der Waals surface area (Å²) in [6.07, 6.45) is 21.2. The van der Waals surface area contributed by atoms with E-state index in [9.17, 15) is 9.90 Å². The highest BCUT2D eigenvalue weighted by atomic mass is 16.3. The summed E-state index contributed by atoms with van der Waals surface area (Å²) in [7, 11) is 0. The molecule has 0 aliphatic rings. The molecule has 184 valence electrons. The summed E-state index contributed by atoms with van der Waals surface area (Å²) in [6.45, 7) is 8.71. The largest absolute Gasteiger partial charge is 0.386 e. The van der Waals surface area contributed by atoms with E-state index >= 15 is 0 Å². The average molecular weight is 441 g/mol. The van der Waals surface area contributed by atoms with Crippen LogP contribution < -0.4 is 5.32 Å². The average Bonchev–Trinajstić information content (AvgIpc) is 2.72. The Labute approximate surface area is 193 Å². The van der Waals surface area contributed by atoms with Gasteiger partial charge in [-0.15, -0.1) is 4.70 Å². The monoisotopic (exact) mass is 440 g/mol. The van der Waals surface area contributed by atoms with E-state index in [-0.39, 0.29) is 12.3 Å². The van der Waals surface area contributed by atoms with Crippen LogP contribution in [0.3, 0.4) is 0 Å². The number of hydrogen-bond donors (Lipinski definition) is 3. The number of aliphatic hydroxyl groups excluding tert-OH is 1. The first-order valence-corrected chi connectivity index (χ1v) is 13.2. The van der Waals surface area contributed by atoms with Crippen LogP contribution in [0.4, 0.5) is 0 Å². The van der Waals surface area contributed by atoms with E-state index in [1.807, 2.05) is 0 Å². The lowest BCUT2D eigenvalue weighted by molar-refractivity contribution is -0.677. The SMILES string of the molecule is CCCCCCCCCCCCCCCCCCNCC(=O)C[N+](=N)C(C)(C)C(C)O. The van der Waals surface area contributed by atoms with Crippen molar-refractivity contribution in [2.45, 2.75) is 142 Å². The first kappa shape index (κ1) is 30.2. The third-order valence-corrected chi connectivity index (χ3v) is 6.58. The van der Waals surface area contributed by atoms with Crippen LogP contribution in [0.1, 0.15) is 130 Å². The standard InChI is InChI=1S/C26H54N3O2/c1-5-6-7-8-9-10-11-12-13-14-15-16-17-18-19-20-21-28-22-25(31)23-29(27)26(3,4)24(2)30/h24,27-28,30H,5-23H2,1-4H3/q+1. The van der Waals surface area contributed by atoms with Crippen molar-refractivity contribution in [2.24, 2.45) is 0 Å². The molecule has 0 aromatic heterocycles. The van der Waals surface area contributed by atoms with Gasteiger partial charge in [-0.25, -0.2) is 0 Å². The number of carbonyl (C=O) groups is 1. The smallest absolute Gasteiger partial charge is 0.227 e. The van der Waals surface area contributed by atoms with Gasteiger partial charge in [0.05, 0.1) is 6.54 Å². The predicted molar refractivity (Wildman–Crippen MR) is 131 cm³/mol. The fourth-order valence-corrected chi connectivity index (χ4v) is 3.69. The number of hydrogen-bond acceptors (Lipinski definition) is 4. The topological polar surface area (TPSA) is 76.2 Å². The lowest BCUT2D eigenvalue weighted by Crippen LogP contribution is -2.47. The van der Waals surface area contributed by atoms with Crippen LogP contribution in [-0.4, -0.2) is 46.9 Å². The van der Waals surface area contributed by atoms with Crippen molar-refractivity contribution in [3.05, 3.63) is 0 Å². The summed E-state index contributed by atoms with van der Waals surface area (Å²) >= 11 is 0. The third-order valence-electron chi connectivity index (χ3n) is 6.58. The molecule has 0 spiro atoms. The first-order valence-electron chi connectivity index (χ1n) is 13.2. The van der Waals surface area contributed by atoms with Crippen LogP contribution in [0.25, 0.3) is 0 Å². The summed E-state index contributed by atoms with van der Waals surface area (Å²) in [4.78, 5) is 12.0. The minimum Gasteiger partial charge on any atom is -0.386 e. The number of unbranched alkanes of at least 4 members (excludes halogenated alkanes) is 15. The second-order valence-electron chi connectivity index (χ2n) is 9.93. The lowest BCUT2D eigenvalue weighted by atomic mass is 9.98. The van der Waals surface area contributed by atoms with Gasteiger partial charge in [0.15, 0.2) is 0 Å². The van der Waals surface area contributed by atoms with E-state index in [1.165, 1.54) is 101 Å². The van der Waals surface area contributed by atoms with E-state index < -0.39 is 11.6 Å². The summed E-state index contributed by atoms with van der Waals surface area (Å²) < 4.78 is 1.19. The highest BCUT2D eigenvalue weighted by Gasteiger charge is 2.37. The molecule has 0 aromatic rings. The van der Waals surface area contributed by atoms with Gasteiger partial charge in [0.1, 0.15) is 6.10 Å². The van der Waals surface area contributed by atoms with Crippen molar-refractivity contribution in [3.8, 4) is 0 Å². The van der Waals surface area contributed by atoms with E-state index in [0.29, 0.717) is 6.54 Å². The molecule has 31 heavy (non-hydrogen) atoms. The van der Waals surface area contributed by atoms with Gasteiger partial charge in [-0.1, -0.05) is 109 Å². The molecule has 1 atom stereocenters. The normalized spacial score (nSPS) is 12.8. The Morgan fingerprint density at radius 3 is 1.61 bits per heavy atom. The fourth-order valence-electron chi connectivity index (χ4n) is 3.69. The molecule has 5 nitrogen and oxygen atoms in total.